The van der Waals surface area contributed by atoms with E-state index in [1.54, 1.807) is 13.2 Å². The summed E-state index contributed by atoms with van der Waals surface area (Å²) in [6.45, 7) is 2.06. The molecule has 1 atom stereocenters. The highest BCUT2D eigenvalue weighted by Gasteiger charge is 2.35. The van der Waals surface area contributed by atoms with Gasteiger partial charge < -0.3 is 4.74 Å². The average Bonchev–Trinajstić information content (AvgIpc) is 2.89. The topological polar surface area (TPSA) is 38.7 Å². The lowest BCUT2D eigenvalue weighted by atomic mass is 9.87. The molecule has 1 aromatic rings. The minimum Gasteiger partial charge on any atom is -0.381 e. The number of aliphatic imine (C=N–C) groups is 1. The van der Waals surface area contributed by atoms with E-state index in [0.29, 0.717) is 0 Å². The second-order valence-corrected chi connectivity index (χ2v) is 5.39. The van der Waals surface area contributed by atoms with Crippen molar-refractivity contribution in [1.29, 1.82) is 0 Å². The summed E-state index contributed by atoms with van der Waals surface area (Å²) in [5, 5.41) is 0. The molecule has 1 aliphatic rings. The van der Waals surface area contributed by atoms with Crippen LogP contribution in [0.2, 0.25) is 0 Å². The Bertz CT molecular complexity index is 471. The minimum absolute atomic E-state index is 0.198. The minimum atomic E-state index is -0.325. The van der Waals surface area contributed by atoms with Crippen LogP contribution in [0.3, 0.4) is 0 Å². The standard InChI is InChI=1S/C16H21NO2/c1-13(19-2)10-14-6-5-7-15(11-14)16(17-12-18)8-3-4-9-16/h5-7,11,13H,3-4,8-10H2,1-2H3. The van der Waals surface area contributed by atoms with Crippen LogP contribution in [-0.4, -0.2) is 19.3 Å². The molecule has 19 heavy (non-hydrogen) atoms. The van der Waals surface area contributed by atoms with Gasteiger partial charge in [0.2, 0.25) is 6.08 Å². The Balaban J connectivity index is 2.28. The third-order valence-electron chi connectivity index (χ3n) is 4.08. The van der Waals surface area contributed by atoms with Crippen molar-refractivity contribution in [1.82, 2.24) is 0 Å². The highest BCUT2D eigenvalue weighted by atomic mass is 16.5. The van der Waals surface area contributed by atoms with Gasteiger partial charge >= 0.3 is 0 Å². The highest BCUT2D eigenvalue weighted by Crippen LogP contribution is 2.42. The molecule has 1 unspecified atom stereocenters. The predicted octanol–water partition coefficient (Wildman–Crippen LogP) is 3.37. The second-order valence-electron chi connectivity index (χ2n) is 5.39. The van der Waals surface area contributed by atoms with Gasteiger partial charge in [-0.3, -0.25) is 0 Å². The van der Waals surface area contributed by atoms with Crippen LogP contribution >= 0.6 is 0 Å². The number of methoxy groups -OCH3 is 1. The van der Waals surface area contributed by atoms with Crippen molar-refractivity contribution in [3.63, 3.8) is 0 Å². The number of rotatable bonds is 5. The van der Waals surface area contributed by atoms with E-state index in [2.05, 4.69) is 30.1 Å². The van der Waals surface area contributed by atoms with Crippen molar-refractivity contribution in [2.24, 2.45) is 4.99 Å². The van der Waals surface area contributed by atoms with E-state index in [0.717, 1.165) is 37.7 Å². The number of isocyanates is 1. The van der Waals surface area contributed by atoms with E-state index in [-0.39, 0.29) is 11.6 Å². The molecule has 0 spiro atoms. The molecular formula is C16H21NO2. The molecule has 3 nitrogen and oxygen atoms in total. The van der Waals surface area contributed by atoms with Crippen LogP contribution in [0.15, 0.2) is 29.3 Å². The fraction of sp³-hybridized carbons (Fsp3) is 0.562. The van der Waals surface area contributed by atoms with Crippen LogP contribution < -0.4 is 0 Å². The van der Waals surface area contributed by atoms with Crippen LogP contribution in [0.4, 0.5) is 0 Å². The zero-order valence-corrected chi connectivity index (χ0v) is 11.7. The largest absolute Gasteiger partial charge is 0.381 e. The normalized spacial score (nSPS) is 18.8. The summed E-state index contributed by atoms with van der Waals surface area (Å²) in [6, 6.07) is 8.40. The van der Waals surface area contributed by atoms with Crippen LogP contribution in [0.1, 0.15) is 43.7 Å². The van der Waals surface area contributed by atoms with Gasteiger partial charge in [-0.2, -0.15) is 4.99 Å². The van der Waals surface area contributed by atoms with Gasteiger partial charge in [-0.05, 0) is 37.3 Å². The van der Waals surface area contributed by atoms with Crippen LogP contribution in [0.5, 0.6) is 0 Å². The lowest BCUT2D eigenvalue weighted by Crippen LogP contribution is -2.19. The molecule has 0 amide bonds. The Kier molecular flexibility index (Phi) is 4.52. The first-order chi connectivity index (χ1) is 9.20. The first-order valence-corrected chi connectivity index (χ1v) is 6.91. The van der Waals surface area contributed by atoms with Gasteiger partial charge in [-0.25, -0.2) is 4.79 Å². The zero-order valence-electron chi connectivity index (χ0n) is 11.7. The Hall–Kier alpha value is -1.44. The lowest BCUT2D eigenvalue weighted by Gasteiger charge is -2.23. The van der Waals surface area contributed by atoms with Crippen LogP contribution in [0.25, 0.3) is 0 Å². The Morgan fingerprint density at radius 3 is 2.79 bits per heavy atom. The highest BCUT2D eigenvalue weighted by molar-refractivity contribution is 5.39. The molecule has 1 aromatic carbocycles. The van der Waals surface area contributed by atoms with Gasteiger partial charge in [-0.1, -0.05) is 37.1 Å². The van der Waals surface area contributed by atoms with Crippen molar-refractivity contribution in [2.45, 2.75) is 50.7 Å². The van der Waals surface area contributed by atoms with Gasteiger partial charge in [0.25, 0.3) is 0 Å². The zero-order chi connectivity index (χ0) is 13.7. The third-order valence-corrected chi connectivity index (χ3v) is 4.08. The van der Waals surface area contributed by atoms with E-state index in [1.165, 1.54) is 5.56 Å². The number of benzene rings is 1. The number of carbonyl (C=O) groups excluding carboxylic acids is 1. The molecule has 0 bridgehead atoms. The Morgan fingerprint density at radius 2 is 2.16 bits per heavy atom. The molecule has 3 heteroatoms. The molecule has 1 saturated carbocycles. The maximum Gasteiger partial charge on any atom is 0.235 e. The third kappa shape index (κ3) is 3.12. The van der Waals surface area contributed by atoms with E-state index < -0.39 is 0 Å². The van der Waals surface area contributed by atoms with E-state index in [4.69, 9.17) is 4.74 Å². The molecule has 0 N–H and O–H groups in total. The summed E-state index contributed by atoms with van der Waals surface area (Å²) in [6.07, 6.45) is 7.01. The maximum absolute atomic E-state index is 10.7. The number of hydrogen-bond donors (Lipinski definition) is 0. The molecule has 1 fully saturated rings. The van der Waals surface area contributed by atoms with E-state index in [1.807, 2.05) is 6.07 Å². The van der Waals surface area contributed by atoms with Crippen molar-refractivity contribution in [3.8, 4) is 0 Å². The fourth-order valence-corrected chi connectivity index (χ4v) is 2.92. The van der Waals surface area contributed by atoms with Gasteiger partial charge in [0.1, 0.15) is 0 Å². The quantitative estimate of drug-likeness (QED) is 0.600. The van der Waals surface area contributed by atoms with Crippen molar-refractivity contribution in [2.75, 3.05) is 7.11 Å². The Labute approximate surface area is 114 Å². The summed E-state index contributed by atoms with van der Waals surface area (Å²) >= 11 is 0. The molecule has 0 saturated heterocycles. The van der Waals surface area contributed by atoms with Gasteiger partial charge in [0.15, 0.2) is 0 Å². The van der Waals surface area contributed by atoms with Crippen LogP contribution in [-0.2, 0) is 21.5 Å². The summed E-state index contributed by atoms with van der Waals surface area (Å²) in [4.78, 5) is 14.9. The fourth-order valence-electron chi connectivity index (χ4n) is 2.92. The molecule has 0 radical (unpaired) electrons. The van der Waals surface area contributed by atoms with Gasteiger partial charge in [-0.15, -0.1) is 0 Å². The molecule has 0 aliphatic heterocycles. The van der Waals surface area contributed by atoms with Gasteiger partial charge in [0.05, 0.1) is 11.6 Å². The average molecular weight is 259 g/mol. The molecule has 1 aliphatic carbocycles. The molecule has 0 aromatic heterocycles. The predicted molar refractivity (Wildman–Crippen MR) is 74.9 cm³/mol. The van der Waals surface area contributed by atoms with Crippen molar-refractivity contribution < 1.29 is 9.53 Å². The van der Waals surface area contributed by atoms with Crippen molar-refractivity contribution in [3.05, 3.63) is 35.4 Å². The summed E-state index contributed by atoms with van der Waals surface area (Å²) < 4.78 is 5.31. The number of nitrogens with zero attached hydrogens (tertiary/aromatic N) is 1. The van der Waals surface area contributed by atoms with E-state index in [9.17, 15) is 4.79 Å². The molecule has 2 rings (SSSR count). The molecular weight excluding hydrogens is 238 g/mol. The van der Waals surface area contributed by atoms with Gasteiger partial charge in [0, 0.05) is 7.11 Å². The summed E-state index contributed by atoms with van der Waals surface area (Å²) in [5.74, 6) is 0. The SMILES string of the molecule is COC(C)Cc1cccc(C2(N=C=O)CCCC2)c1. The number of ether oxygens (including phenoxy) is 1. The Morgan fingerprint density at radius 1 is 1.42 bits per heavy atom. The first kappa shape index (κ1) is 14.0. The summed E-state index contributed by atoms with van der Waals surface area (Å²) in [5.41, 5.74) is 2.06. The lowest BCUT2D eigenvalue weighted by molar-refractivity contribution is 0.119. The molecule has 0 heterocycles. The maximum atomic E-state index is 10.7. The molecule has 102 valence electrons. The first-order valence-electron chi connectivity index (χ1n) is 6.91. The van der Waals surface area contributed by atoms with E-state index >= 15 is 0 Å². The van der Waals surface area contributed by atoms with Crippen LogP contribution in [0, 0.1) is 0 Å². The number of hydrogen-bond acceptors (Lipinski definition) is 3. The van der Waals surface area contributed by atoms with Crippen molar-refractivity contribution >= 4 is 6.08 Å². The smallest absolute Gasteiger partial charge is 0.235 e. The second kappa shape index (κ2) is 6.14. The monoisotopic (exact) mass is 259 g/mol. The summed E-state index contributed by atoms with van der Waals surface area (Å²) in [7, 11) is 1.73.